The molecule has 100 valence electrons. The van der Waals surface area contributed by atoms with E-state index in [1.165, 1.54) is 0 Å². The van der Waals surface area contributed by atoms with Crippen LogP contribution in [0.2, 0.25) is 0 Å². The third kappa shape index (κ3) is 5.84. The maximum Gasteiger partial charge on any atom is 0.156 e. The molecule has 1 aromatic carbocycles. The molecule has 0 amide bonds. The smallest absolute Gasteiger partial charge is 0.156 e. The van der Waals surface area contributed by atoms with Crippen LogP contribution in [0.1, 0.15) is 6.92 Å². The molecule has 0 saturated carbocycles. The Morgan fingerprint density at radius 2 is 2.00 bits per heavy atom. The van der Waals surface area contributed by atoms with Crippen LogP contribution >= 0.6 is 0 Å². The summed E-state index contributed by atoms with van der Waals surface area (Å²) >= 11 is 0. The zero-order valence-electron chi connectivity index (χ0n) is 10.3. The van der Waals surface area contributed by atoms with Crippen LogP contribution in [0.25, 0.3) is 0 Å². The number of hydrogen-bond donors (Lipinski definition) is 1. The van der Waals surface area contributed by atoms with Crippen LogP contribution in [0.15, 0.2) is 42.5 Å². The summed E-state index contributed by atoms with van der Waals surface area (Å²) < 4.78 is 28.4. The minimum absolute atomic E-state index is 0.0287. The Balaban J connectivity index is 2.40. The summed E-state index contributed by atoms with van der Waals surface area (Å²) in [5.74, 6) is 0.276. The number of rotatable bonds is 7. The van der Waals surface area contributed by atoms with E-state index in [1.54, 1.807) is 31.2 Å². The van der Waals surface area contributed by atoms with E-state index in [0.29, 0.717) is 5.75 Å². The lowest BCUT2D eigenvalue weighted by molar-refractivity contribution is 0.125. The minimum Gasteiger partial charge on any atom is -0.491 e. The number of ether oxygens (including phenoxy) is 1. The van der Waals surface area contributed by atoms with Crippen molar-refractivity contribution >= 4 is 9.84 Å². The van der Waals surface area contributed by atoms with Crippen molar-refractivity contribution < 1.29 is 18.3 Å². The second-order valence-electron chi connectivity index (χ2n) is 3.92. The molecule has 0 saturated heterocycles. The van der Waals surface area contributed by atoms with E-state index in [9.17, 15) is 13.5 Å². The van der Waals surface area contributed by atoms with Gasteiger partial charge in [-0.1, -0.05) is 30.4 Å². The van der Waals surface area contributed by atoms with Crippen LogP contribution < -0.4 is 4.74 Å². The first-order valence-corrected chi connectivity index (χ1v) is 7.53. The lowest BCUT2D eigenvalue weighted by Gasteiger charge is -2.12. The van der Waals surface area contributed by atoms with E-state index < -0.39 is 15.9 Å². The summed E-state index contributed by atoms with van der Waals surface area (Å²) in [6, 6.07) is 8.97. The van der Waals surface area contributed by atoms with Gasteiger partial charge in [-0.05, 0) is 19.1 Å². The second-order valence-corrected chi connectivity index (χ2v) is 6.08. The van der Waals surface area contributed by atoms with Crippen LogP contribution in [-0.2, 0) is 9.84 Å². The van der Waals surface area contributed by atoms with Gasteiger partial charge < -0.3 is 9.84 Å². The van der Waals surface area contributed by atoms with E-state index in [1.807, 2.05) is 18.2 Å². The Morgan fingerprint density at radius 1 is 1.33 bits per heavy atom. The second kappa shape index (κ2) is 7.18. The van der Waals surface area contributed by atoms with Crippen molar-refractivity contribution in [3.63, 3.8) is 0 Å². The van der Waals surface area contributed by atoms with Gasteiger partial charge in [0.15, 0.2) is 9.84 Å². The molecule has 0 spiro atoms. The van der Waals surface area contributed by atoms with Gasteiger partial charge in [0.1, 0.15) is 18.5 Å². The molecule has 1 N–H and O–H groups in total. The van der Waals surface area contributed by atoms with Gasteiger partial charge in [-0.25, -0.2) is 8.42 Å². The minimum atomic E-state index is -3.26. The summed E-state index contributed by atoms with van der Waals surface area (Å²) in [5, 5.41) is 9.62. The molecule has 5 heteroatoms. The molecule has 1 unspecified atom stereocenters. The molecule has 0 fully saturated rings. The molecule has 1 aromatic rings. The standard InChI is InChI=1S/C13H18O4S/c1-2-3-9-18(15,16)11-12(14)10-17-13-7-5-4-6-8-13/h2-8,12,14H,9-11H2,1H3. The highest BCUT2D eigenvalue weighted by atomic mass is 32.2. The van der Waals surface area contributed by atoms with Crippen molar-refractivity contribution in [2.24, 2.45) is 0 Å². The predicted octanol–water partition coefficient (Wildman–Crippen LogP) is 1.42. The van der Waals surface area contributed by atoms with Gasteiger partial charge in [0.05, 0.1) is 11.5 Å². The summed E-state index contributed by atoms with van der Waals surface area (Å²) in [7, 11) is -3.26. The van der Waals surface area contributed by atoms with Crippen LogP contribution in [0, 0.1) is 0 Å². The highest BCUT2D eigenvalue weighted by Crippen LogP contribution is 2.09. The number of allylic oxidation sites excluding steroid dienone is 1. The number of aliphatic hydroxyl groups excluding tert-OH is 1. The van der Waals surface area contributed by atoms with Crippen LogP contribution in [0.4, 0.5) is 0 Å². The number of sulfone groups is 1. The van der Waals surface area contributed by atoms with Gasteiger partial charge in [-0.3, -0.25) is 0 Å². The molecule has 0 bridgehead atoms. The maximum atomic E-state index is 11.5. The molecule has 0 aliphatic rings. The van der Waals surface area contributed by atoms with Crippen molar-refractivity contribution in [3.8, 4) is 5.75 Å². The SMILES string of the molecule is CC=CCS(=O)(=O)CC(O)COc1ccccc1. The lowest BCUT2D eigenvalue weighted by atomic mass is 10.3. The van der Waals surface area contributed by atoms with Crippen molar-refractivity contribution in [1.82, 2.24) is 0 Å². The molecule has 0 aliphatic heterocycles. The van der Waals surface area contributed by atoms with E-state index in [-0.39, 0.29) is 18.1 Å². The topological polar surface area (TPSA) is 63.6 Å². The predicted molar refractivity (Wildman–Crippen MR) is 71.4 cm³/mol. The quantitative estimate of drug-likeness (QED) is 0.761. The average molecular weight is 270 g/mol. The van der Waals surface area contributed by atoms with Crippen molar-refractivity contribution in [2.75, 3.05) is 18.1 Å². The molecule has 0 aliphatic carbocycles. The first kappa shape index (κ1) is 14.7. The van der Waals surface area contributed by atoms with Crippen molar-refractivity contribution in [1.29, 1.82) is 0 Å². The van der Waals surface area contributed by atoms with Gasteiger partial charge in [0.2, 0.25) is 0 Å². The van der Waals surface area contributed by atoms with Crippen LogP contribution in [0.3, 0.4) is 0 Å². The first-order chi connectivity index (χ1) is 8.53. The summed E-state index contributed by atoms with van der Waals surface area (Å²) in [6.07, 6.45) is 2.21. The highest BCUT2D eigenvalue weighted by molar-refractivity contribution is 7.91. The largest absolute Gasteiger partial charge is 0.491 e. The fourth-order valence-electron chi connectivity index (χ4n) is 1.36. The van der Waals surface area contributed by atoms with Crippen LogP contribution in [-0.4, -0.2) is 37.7 Å². The van der Waals surface area contributed by atoms with Crippen LogP contribution in [0.5, 0.6) is 5.75 Å². The van der Waals surface area contributed by atoms with Gasteiger partial charge in [-0.15, -0.1) is 0 Å². The molecule has 4 nitrogen and oxygen atoms in total. The molecule has 1 atom stereocenters. The number of aliphatic hydroxyl groups is 1. The fourth-order valence-corrected chi connectivity index (χ4v) is 2.67. The normalized spacial score (nSPS) is 13.7. The van der Waals surface area contributed by atoms with E-state index in [4.69, 9.17) is 4.74 Å². The Kier molecular flexibility index (Phi) is 5.88. The van der Waals surface area contributed by atoms with Gasteiger partial charge in [0, 0.05) is 0 Å². The average Bonchev–Trinajstić information content (AvgIpc) is 2.35. The maximum absolute atomic E-state index is 11.5. The molecule has 0 radical (unpaired) electrons. The first-order valence-electron chi connectivity index (χ1n) is 5.71. The zero-order valence-corrected chi connectivity index (χ0v) is 11.1. The summed E-state index contributed by atoms with van der Waals surface area (Å²) in [6.45, 7) is 1.73. The third-order valence-electron chi connectivity index (χ3n) is 2.22. The molecule has 0 aromatic heterocycles. The van der Waals surface area contributed by atoms with Crippen molar-refractivity contribution in [2.45, 2.75) is 13.0 Å². The Morgan fingerprint density at radius 3 is 2.61 bits per heavy atom. The Bertz CT molecular complexity index is 465. The van der Waals surface area contributed by atoms with Gasteiger partial charge in [-0.2, -0.15) is 0 Å². The molecular formula is C13H18O4S. The lowest BCUT2D eigenvalue weighted by Crippen LogP contribution is -2.28. The van der Waals surface area contributed by atoms with E-state index in [0.717, 1.165) is 0 Å². The Hall–Kier alpha value is -1.33. The monoisotopic (exact) mass is 270 g/mol. The third-order valence-corrected chi connectivity index (χ3v) is 3.81. The summed E-state index contributed by atoms with van der Waals surface area (Å²) in [4.78, 5) is 0. The molecular weight excluding hydrogens is 252 g/mol. The number of hydrogen-bond acceptors (Lipinski definition) is 4. The summed E-state index contributed by atoms with van der Waals surface area (Å²) in [5.41, 5.74) is 0. The Labute approximate surface area is 108 Å². The van der Waals surface area contributed by atoms with Gasteiger partial charge >= 0.3 is 0 Å². The fraction of sp³-hybridized carbons (Fsp3) is 0.385. The highest BCUT2D eigenvalue weighted by Gasteiger charge is 2.16. The number of para-hydroxylation sites is 1. The molecule has 0 heterocycles. The number of benzene rings is 1. The van der Waals surface area contributed by atoms with Crippen molar-refractivity contribution in [3.05, 3.63) is 42.5 Å². The molecule has 1 rings (SSSR count). The molecule has 18 heavy (non-hydrogen) atoms. The van der Waals surface area contributed by atoms with E-state index >= 15 is 0 Å². The van der Waals surface area contributed by atoms with Gasteiger partial charge in [0.25, 0.3) is 0 Å². The van der Waals surface area contributed by atoms with E-state index in [2.05, 4.69) is 0 Å². The zero-order chi connectivity index (χ0) is 13.4.